The van der Waals surface area contributed by atoms with Crippen molar-refractivity contribution in [1.29, 1.82) is 0 Å². The second kappa shape index (κ2) is 7.86. The van der Waals surface area contributed by atoms with Crippen LogP contribution in [0.3, 0.4) is 0 Å². The Morgan fingerprint density at radius 3 is 2.69 bits per heavy atom. The van der Waals surface area contributed by atoms with E-state index in [4.69, 9.17) is 9.72 Å². The van der Waals surface area contributed by atoms with Crippen molar-refractivity contribution in [2.75, 3.05) is 20.7 Å². The molecule has 3 aromatic rings. The Kier molecular flexibility index (Phi) is 5.27. The van der Waals surface area contributed by atoms with Gasteiger partial charge in [0.2, 0.25) is 0 Å². The first kappa shape index (κ1) is 19.4. The largest absolute Gasteiger partial charge is 0.394 e. The van der Waals surface area contributed by atoms with E-state index in [1.165, 1.54) is 6.33 Å². The number of aliphatic hydroxyl groups is 2. The number of ether oxygens (including phenoxy) is 1. The van der Waals surface area contributed by atoms with Crippen molar-refractivity contribution < 1.29 is 14.9 Å². The Balaban J connectivity index is 1.90. The lowest BCUT2D eigenvalue weighted by Crippen LogP contribution is -2.24. The van der Waals surface area contributed by atoms with Gasteiger partial charge >= 0.3 is 0 Å². The summed E-state index contributed by atoms with van der Waals surface area (Å²) >= 11 is 0. The molecule has 1 saturated heterocycles. The van der Waals surface area contributed by atoms with Crippen molar-refractivity contribution in [3.05, 3.63) is 36.2 Å². The number of imidazole rings is 1. The number of benzene rings is 1. The van der Waals surface area contributed by atoms with E-state index < -0.39 is 18.4 Å². The smallest absolute Gasteiger partial charge is 0.185 e. The average molecular weight is 396 g/mol. The number of fused-ring (bicyclic) bond motifs is 1. The van der Waals surface area contributed by atoms with Crippen LogP contribution in [0.1, 0.15) is 18.2 Å². The maximum absolute atomic E-state index is 10.2. The lowest BCUT2D eigenvalue weighted by molar-refractivity contribution is -0.0426. The van der Waals surface area contributed by atoms with Crippen LogP contribution in [0.2, 0.25) is 0 Å². The van der Waals surface area contributed by atoms with Crippen molar-refractivity contribution in [2.24, 2.45) is 4.99 Å². The van der Waals surface area contributed by atoms with E-state index >= 15 is 0 Å². The molecule has 9 nitrogen and oxygen atoms in total. The summed E-state index contributed by atoms with van der Waals surface area (Å²) in [5.74, 6) is 1.10. The van der Waals surface area contributed by atoms with Crippen molar-refractivity contribution >= 4 is 23.3 Å². The summed E-state index contributed by atoms with van der Waals surface area (Å²) in [5.41, 5.74) is 3.14. The molecule has 0 amide bonds. The highest BCUT2D eigenvalue weighted by Crippen LogP contribution is 2.37. The van der Waals surface area contributed by atoms with Gasteiger partial charge in [-0.1, -0.05) is 29.8 Å². The zero-order valence-corrected chi connectivity index (χ0v) is 16.6. The van der Waals surface area contributed by atoms with E-state index in [0.717, 1.165) is 11.1 Å². The van der Waals surface area contributed by atoms with Gasteiger partial charge in [0.25, 0.3) is 0 Å². The lowest BCUT2D eigenvalue weighted by Gasteiger charge is -2.16. The summed E-state index contributed by atoms with van der Waals surface area (Å²) in [6, 6.07) is 7.99. The highest BCUT2D eigenvalue weighted by atomic mass is 16.5. The molecule has 0 aliphatic carbocycles. The molecular weight excluding hydrogens is 372 g/mol. The third-order valence-electron chi connectivity index (χ3n) is 4.85. The Bertz CT molecular complexity index is 1030. The first-order valence-corrected chi connectivity index (χ1v) is 9.43. The third kappa shape index (κ3) is 3.71. The number of aliphatic imine (C=N–C) groups is 1. The quantitative estimate of drug-likeness (QED) is 0.499. The van der Waals surface area contributed by atoms with Crippen LogP contribution in [-0.4, -0.2) is 73.9 Å². The molecule has 4 rings (SSSR count). The minimum atomic E-state index is -0.763. The monoisotopic (exact) mass is 396 g/mol. The molecule has 1 aromatic carbocycles. The maximum atomic E-state index is 10.2. The van der Waals surface area contributed by atoms with Crippen LogP contribution >= 0.6 is 0 Å². The number of aliphatic hydroxyl groups excluding tert-OH is 2. The minimum Gasteiger partial charge on any atom is -0.394 e. The van der Waals surface area contributed by atoms with Gasteiger partial charge in [-0.2, -0.15) is 0 Å². The molecule has 29 heavy (non-hydrogen) atoms. The lowest BCUT2D eigenvalue weighted by atomic mass is 10.1. The fourth-order valence-electron chi connectivity index (χ4n) is 3.38. The van der Waals surface area contributed by atoms with Crippen molar-refractivity contribution in [3.8, 4) is 11.4 Å². The van der Waals surface area contributed by atoms with Crippen molar-refractivity contribution in [1.82, 2.24) is 24.4 Å². The zero-order chi connectivity index (χ0) is 20.5. The topological polar surface area (TPSA) is 109 Å². The predicted molar refractivity (Wildman–Crippen MR) is 109 cm³/mol. The van der Waals surface area contributed by atoms with E-state index in [9.17, 15) is 10.2 Å². The van der Waals surface area contributed by atoms with Gasteiger partial charge < -0.3 is 19.8 Å². The molecule has 2 aromatic heterocycles. The van der Waals surface area contributed by atoms with Gasteiger partial charge in [0.15, 0.2) is 17.0 Å². The summed E-state index contributed by atoms with van der Waals surface area (Å²) in [7, 11) is 3.75. The van der Waals surface area contributed by atoms with Gasteiger partial charge in [0.05, 0.1) is 19.0 Å². The molecule has 3 heterocycles. The van der Waals surface area contributed by atoms with Crippen LogP contribution in [0.15, 0.2) is 35.6 Å². The van der Waals surface area contributed by atoms with Crippen molar-refractivity contribution in [3.63, 3.8) is 0 Å². The third-order valence-corrected chi connectivity index (χ3v) is 4.85. The number of nitrogens with zero attached hydrogens (tertiary/aromatic N) is 6. The zero-order valence-electron chi connectivity index (χ0n) is 16.6. The highest BCUT2D eigenvalue weighted by Gasteiger charge is 2.37. The van der Waals surface area contributed by atoms with E-state index in [1.807, 2.05) is 54.8 Å². The molecule has 0 spiro atoms. The summed E-state index contributed by atoms with van der Waals surface area (Å²) in [6.07, 6.45) is 1.51. The number of aryl methyl sites for hydroxylation is 1. The van der Waals surface area contributed by atoms with Gasteiger partial charge in [0.1, 0.15) is 24.5 Å². The summed E-state index contributed by atoms with van der Waals surface area (Å²) in [4.78, 5) is 19.7. The van der Waals surface area contributed by atoms with Gasteiger partial charge in [-0.05, 0) is 6.92 Å². The molecule has 3 atom stereocenters. The van der Waals surface area contributed by atoms with Crippen LogP contribution in [0, 0.1) is 6.92 Å². The van der Waals surface area contributed by atoms with Gasteiger partial charge in [-0.15, -0.1) is 0 Å². The van der Waals surface area contributed by atoms with E-state index in [0.29, 0.717) is 29.2 Å². The molecule has 0 bridgehead atoms. The molecule has 9 heteroatoms. The Labute approximate surface area is 168 Å². The fraction of sp³-hybridized carbons (Fsp3) is 0.400. The molecule has 1 fully saturated rings. The average Bonchev–Trinajstić information content (AvgIpc) is 3.27. The first-order chi connectivity index (χ1) is 14.0. The maximum Gasteiger partial charge on any atom is 0.185 e. The molecular formula is C20H24N6O3. The number of hydrogen-bond acceptors (Lipinski definition) is 7. The molecule has 0 saturated carbocycles. The summed E-state index contributed by atoms with van der Waals surface area (Å²) in [5, 5.41) is 19.7. The van der Waals surface area contributed by atoms with Crippen LogP contribution in [-0.2, 0) is 4.74 Å². The number of aromatic nitrogens is 4. The second-order valence-corrected chi connectivity index (χ2v) is 7.36. The Hall–Kier alpha value is -2.88. The summed E-state index contributed by atoms with van der Waals surface area (Å²) in [6.45, 7) is 1.77. The normalized spacial score (nSPS) is 22.0. The molecule has 0 unspecified atom stereocenters. The molecule has 0 radical (unpaired) electrons. The fourth-order valence-corrected chi connectivity index (χ4v) is 3.38. The second-order valence-electron chi connectivity index (χ2n) is 7.36. The van der Waals surface area contributed by atoms with E-state index in [2.05, 4.69) is 15.0 Å². The number of rotatable bonds is 5. The van der Waals surface area contributed by atoms with Gasteiger partial charge in [-0.25, -0.2) is 19.9 Å². The predicted octanol–water partition coefficient (Wildman–Crippen LogP) is 1.66. The van der Waals surface area contributed by atoms with E-state index in [-0.39, 0.29) is 6.61 Å². The Morgan fingerprint density at radius 1 is 1.28 bits per heavy atom. The van der Waals surface area contributed by atoms with Crippen LogP contribution in [0.25, 0.3) is 22.6 Å². The summed E-state index contributed by atoms with van der Waals surface area (Å²) < 4.78 is 7.77. The van der Waals surface area contributed by atoms with Crippen LogP contribution in [0.4, 0.5) is 5.82 Å². The Morgan fingerprint density at radius 2 is 2.03 bits per heavy atom. The standard InChI is InChI=1S/C20H24N6O3/c1-12-4-6-13(7-5-12)19-24-17-18(23-11-25(2)3)21-10-22-20(17)26(19)16-8-14(28)15(9-27)29-16/h4-7,10-11,14-16,27-28H,8-9H2,1-3H3/t14-,15+,16+/m0/s1. The van der Waals surface area contributed by atoms with Gasteiger partial charge in [0, 0.05) is 26.1 Å². The minimum absolute atomic E-state index is 0.252. The SMILES string of the molecule is Cc1ccc(-c2nc3c(N=CN(C)C)ncnc3n2[C@H]2C[C@H](O)[C@@H](CO)O2)cc1. The molecule has 152 valence electrons. The molecule has 1 aliphatic heterocycles. The van der Waals surface area contributed by atoms with Crippen LogP contribution < -0.4 is 0 Å². The first-order valence-electron chi connectivity index (χ1n) is 9.43. The highest BCUT2D eigenvalue weighted by molar-refractivity contribution is 5.86. The van der Waals surface area contributed by atoms with Crippen LogP contribution in [0.5, 0.6) is 0 Å². The molecule has 2 N–H and O–H groups in total. The van der Waals surface area contributed by atoms with E-state index in [1.54, 1.807) is 6.34 Å². The van der Waals surface area contributed by atoms with Gasteiger partial charge in [-0.3, -0.25) is 4.57 Å². The van der Waals surface area contributed by atoms with Crippen molar-refractivity contribution in [2.45, 2.75) is 31.8 Å². The number of hydrogen-bond donors (Lipinski definition) is 2. The molecule has 1 aliphatic rings.